The summed E-state index contributed by atoms with van der Waals surface area (Å²) in [6.07, 6.45) is 6.26. The van der Waals surface area contributed by atoms with E-state index in [4.69, 9.17) is 0 Å². The summed E-state index contributed by atoms with van der Waals surface area (Å²) in [7, 11) is 0. The largest absolute Gasteiger partial charge is 0.102 e. The second-order valence-corrected chi connectivity index (χ2v) is 7.29. The average Bonchev–Trinajstić information content (AvgIpc) is 2.29. The molecule has 0 radical (unpaired) electrons. The highest BCUT2D eigenvalue weighted by atomic mass is 79.9. The molecule has 0 nitrogen and oxygen atoms in total. The van der Waals surface area contributed by atoms with Crippen LogP contribution in [-0.2, 0) is 5.41 Å². The summed E-state index contributed by atoms with van der Waals surface area (Å²) in [5.41, 5.74) is 2.67. The molecule has 0 aromatic heterocycles. The van der Waals surface area contributed by atoms with Gasteiger partial charge in [0.15, 0.2) is 0 Å². The van der Waals surface area contributed by atoms with Crippen molar-refractivity contribution < 1.29 is 0 Å². The van der Waals surface area contributed by atoms with Gasteiger partial charge in [0.2, 0.25) is 0 Å². The van der Waals surface area contributed by atoms with Crippen LogP contribution in [0.4, 0.5) is 0 Å². The van der Waals surface area contributed by atoms with E-state index in [0.29, 0.717) is 0 Å². The van der Waals surface area contributed by atoms with Crippen molar-refractivity contribution in [2.45, 2.75) is 32.1 Å². The van der Waals surface area contributed by atoms with Crippen LogP contribution in [-0.4, -0.2) is 0 Å². The molecule has 0 fully saturated rings. The predicted molar refractivity (Wildman–Crippen MR) is 83.9 cm³/mol. The molecular weight excluding hydrogens is 340 g/mol. The molecule has 1 unspecified atom stereocenters. The molecule has 0 aliphatic heterocycles. The molecule has 0 aliphatic rings. The third-order valence-electron chi connectivity index (χ3n) is 3.12. The van der Waals surface area contributed by atoms with Gasteiger partial charge in [-0.2, -0.15) is 0 Å². The number of allylic oxidation sites excluding steroid dienone is 2. The summed E-state index contributed by atoms with van der Waals surface area (Å²) in [6, 6.07) is 8.72. The number of aryl methyl sites for hydroxylation is 1. The zero-order valence-corrected chi connectivity index (χ0v) is 13.5. The third-order valence-corrected chi connectivity index (χ3v) is 3.77. The van der Waals surface area contributed by atoms with Crippen LogP contribution in [0.1, 0.15) is 30.9 Å². The number of hydrogen-bond donors (Lipinski definition) is 0. The van der Waals surface area contributed by atoms with Gasteiger partial charge in [-0.05, 0) is 57.2 Å². The van der Waals surface area contributed by atoms with Crippen molar-refractivity contribution >= 4 is 31.9 Å². The molecule has 0 bridgehead atoms. The smallest absolute Gasteiger partial charge is 0.0564 e. The first kappa shape index (κ1) is 14.7. The van der Waals surface area contributed by atoms with E-state index in [0.717, 1.165) is 16.2 Å². The lowest BCUT2D eigenvalue weighted by atomic mass is 9.78. The lowest BCUT2D eigenvalue weighted by Crippen LogP contribution is -2.18. The van der Waals surface area contributed by atoms with Crippen molar-refractivity contribution in [2.24, 2.45) is 0 Å². The quantitative estimate of drug-likeness (QED) is 0.580. The first-order valence-electron chi connectivity index (χ1n) is 5.70. The molecule has 17 heavy (non-hydrogen) atoms. The van der Waals surface area contributed by atoms with Crippen molar-refractivity contribution in [1.29, 1.82) is 0 Å². The second-order valence-electron chi connectivity index (χ2n) is 4.52. The second kappa shape index (κ2) is 6.55. The molecule has 0 amide bonds. The van der Waals surface area contributed by atoms with Crippen molar-refractivity contribution in [3.8, 4) is 0 Å². The molecule has 0 saturated heterocycles. The highest BCUT2D eigenvalue weighted by Crippen LogP contribution is 2.31. The topological polar surface area (TPSA) is 0 Å². The summed E-state index contributed by atoms with van der Waals surface area (Å²) >= 11 is 6.76. The fourth-order valence-electron chi connectivity index (χ4n) is 1.78. The fraction of sp³-hybridized carbons (Fsp3) is 0.333. The number of hydrogen-bond acceptors (Lipinski definition) is 0. The molecule has 0 aliphatic carbocycles. The SMILES string of the molecule is C=CC(C)(CCC=C(Br)Br)c1ccc(C)cc1. The Balaban J connectivity index is 2.84. The van der Waals surface area contributed by atoms with Crippen molar-refractivity contribution in [3.63, 3.8) is 0 Å². The summed E-state index contributed by atoms with van der Waals surface area (Å²) in [5.74, 6) is 0. The Bertz CT molecular complexity index is 399. The molecule has 92 valence electrons. The van der Waals surface area contributed by atoms with E-state index >= 15 is 0 Å². The van der Waals surface area contributed by atoms with Gasteiger partial charge < -0.3 is 0 Å². The van der Waals surface area contributed by atoms with Crippen LogP contribution >= 0.6 is 31.9 Å². The van der Waals surface area contributed by atoms with Crippen LogP contribution in [0.25, 0.3) is 0 Å². The number of halogens is 2. The minimum absolute atomic E-state index is 0.0413. The highest BCUT2D eigenvalue weighted by molar-refractivity contribution is 9.28. The van der Waals surface area contributed by atoms with Gasteiger partial charge in [-0.3, -0.25) is 0 Å². The van der Waals surface area contributed by atoms with Crippen LogP contribution in [0.2, 0.25) is 0 Å². The Morgan fingerprint density at radius 3 is 2.35 bits per heavy atom. The van der Waals surface area contributed by atoms with E-state index in [1.807, 2.05) is 6.08 Å². The Labute approximate surface area is 121 Å². The van der Waals surface area contributed by atoms with Crippen molar-refractivity contribution in [1.82, 2.24) is 0 Å². The number of rotatable bonds is 5. The minimum Gasteiger partial charge on any atom is -0.102 e. The standard InChI is InChI=1S/C15H18Br2/c1-4-15(3,11-5-6-14(16)17)13-9-7-12(2)8-10-13/h4,6-10H,1,5,11H2,2-3H3. The lowest BCUT2D eigenvalue weighted by molar-refractivity contribution is 0.547. The van der Waals surface area contributed by atoms with Gasteiger partial charge >= 0.3 is 0 Å². The summed E-state index contributed by atoms with van der Waals surface area (Å²) in [4.78, 5) is 0. The molecule has 2 heteroatoms. The molecule has 0 N–H and O–H groups in total. The molecule has 0 spiro atoms. The van der Waals surface area contributed by atoms with Crippen LogP contribution in [0.15, 0.2) is 46.4 Å². The zero-order chi connectivity index (χ0) is 12.9. The van der Waals surface area contributed by atoms with Gasteiger partial charge in [0.25, 0.3) is 0 Å². The zero-order valence-electron chi connectivity index (χ0n) is 10.3. The summed E-state index contributed by atoms with van der Waals surface area (Å²) < 4.78 is 1.01. The summed E-state index contributed by atoms with van der Waals surface area (Å²) in [6.45, 7) is 8.33. The normalized spacial score (nSPS) is 13.9. The molecular formula is C15H18Br2. The molecule has 1 atom stereocenters. The molecule has 0 saturated carbocycles. The van der Waals surface area contributed by atoms with Crippen LogP contribution in [0.3, 0.4) is 0 Å². The molecule has 1 aromatic carbocycles. The molecule has 0 heterocycles. The Kier molecular flexibility index (Phi) is 5.68. The van der Waals surface area contributed by atoms with Gasteiger partial charge in [-0.25, -0.2) is 0 Å². The van der Waals surface area contributed by atoms with E-state index < -0.39 is 0 Å². The van der Waals surface area contributed by atoms with Gasteiger partial charge in [0.1, 0.15) is 0 Å². The Morgan fingerprint density at radius 2 is 1.88 bits per heavy atom. The van der Waals surface area contributed by atoms with E-state index in [2.05, 4.69) is 82.6 Å². The van der Waals surface area contributed by atoms with E-state index in [9.17, 15) is 0 Å². The number of benzene rings is 1. The van der Waals surface area contributed by atoms with E-state index in [-0.39, 0.29) is 5.41 Å². The maximum absolute atomic E-state index is 3.99. The van der Waals surface area contributed by atoms with Gasteiger partial charge in [-0.1, -0.05) is 48.9 Å². The Morgan fingerprint density at radius 1 is 1.29 bits per heavy atom. The van der Waals surface area contributed by atoms with Crippen molar-refractivity contribution in [2.75, 3.05) is 0 Å². The van der Waals surface area contributed by atoms with Crippen LogP contribution in [0, 0.1) is 6.92 Å². The lowest BCUT2D eigenvalue weighted by Gasteiger charge is -2.26. The fourth-order valence-corrected chi connectivity index (χ4v) is 2.24. The maximum atomic E-state index is 3.99. The third kappa shape index (κ3) is 4.44. The first-order chi connectivity index (χ1) is 7.98. The van der Waals surface area contributed by atoms with E-state index in [1.54, 1.807) is 0 Å². The molecule has 1 aromatic rings. The predicted octanol–water partition coefficient (Wildman–Crippen LogP) is 5.85. The molecule has 1 rings (SSSR count). The minimum atomic E-state index is 0.0413. The van der Waals surface area contributed by atoms with Crippen LogP contribution < -0.4 is 0 Å². The Hall–Kier alpha value is -0.340. The first-order valence-corrected chi connectivity index (χ1v) is 7.28. The monoisotopic (exact) mass is 356 g/mol. The van der Waals surface area contributed by atoms with Crippen LogP contribution in [0.5, 0.6) is 0 Å². The van der Waals surface area contributed by atoms with Gasteiger partial charge in [0, 0.05) is 5.41 Å². The van der Waals surface area contributed by atoms with E-state index in [1.165, 1.54) is 11.1 Å². The van der Waals surface area contributed by atoms with Crippen molar-refractivity contribution in [3.05, 3.63) is 57.5 Å². The average molecular weight is 358 g/mol. The maximum Gasteiger partial charge on any atom is 0.0564 e. The van der Waals surface area contributed by atoms with Gasteiger partial charge in [0.05, 0.1) is 3.39 Å². The van der Waals surface area contributed by atoms with Gasteiger partial charge in [-0.15, -0.1) is 6.58 Å². The highest BCUT2D eigenvalue weighted by Gasteiger charge is 2.21. The summed E-state index contributed by atoms with van der Waals surface area (Å²) in [5, 5.41) is 0.